The molecule has 0 heterocycles. The maximum absolute atomic E-state index is 11.8. The summed E-state index contributed by atoms with van der Waals surface area (Å²) < 4.78 is 0. The number of carbonyl (C=O) groups is 1. The summed E-state index contributed by atoms with van der Waals surface area (Å²) in [4.78, 5) is 11.8. The van der Waals surface area contributed by atoms with Gasteiger partial charge in [0.2, 0.25) is 0 Å². The topological polar surface area (TPSA) is 37.3 Å². The molecule has 0 bridgehead atoms. The van der Waals surface area contributed by atoms with E-state index in [2.05, 4.69) is 19.9 Å². The second kappa shape index (κ2) is 4.44. The highest BCUT2D eigenvalue weighted by Gasteiger charge is 2.57. The molecule has 0 radical (unpaired) electrons. The number of hydrogen-bond acceptors (Lipinski definition) is 2. The fraction of sp³-hybridized carbons (Fsp3) is 0.842. The van der Waals surface area contributed by atoms with Gasteiger partial charge in [-0.2, -0.15) is 0 Å². The van der Waals surface area contributed by atoms with Gasteiger partial charge in [-0.05, 0) is 61.7 Å². The average molecular weight is 288 g/mol. The number of hydrogen-bond donors (Lipinski definition) is 1. The van der Waals surface area contributed by atoms with Crippen LogP contribution in [0.2, 0.25) is 0 Å². The van der Waals surface area contributed by atoms with Gasteiger partial charge in [-0.15, -0.1) is 0 Å². The summed E-state index contributed by atoms with van der Waals surface area (Å²) in [6, 6.07) is 0. The van der Waals surface area contributed by atoms with E-state index in [0.29, 0.717) is 29.0 Å². The first kappa shape index (κ1) is 14.0. The molecule has 3 saturated carbocycles. The van der Waals surface area contributed by atoms with Crippen molar-refractivity contribution in [3.8, 4) is 0 Å². The van der Waals surface area contributed by atoms with Gasteiger partial charge in [-0.25, -0.2) is 0 Å². The number of carbonyl (C=O) groups excluding carboxylic acids is 1. The SMILES string of the molecule is C[C@]12CCC(=O)C[C@@H]1CC=C1[C@@H]2CC[C@]2(C)[C@@H](O)CC[C@@H]12. The van der Waals surface area contributed by atoms with Gasteiger partial charge in [0.05, 0.1) is 6.10 Å². The Hall–Kier alpha value is -0.630. The van der Waals surface area contributed by atoms with Crippen LogP contribution in [0.1, 0.15) is 65.2 Å². The highest BCUT2D eigenvalue weighted by atomic mass is 16.3. The minimum Gasteiger partial charge on any atom is -0.393 e. The Kier molecular flexibility index (Phi) is 2.96. The Morgan fingerprint density at radius 2 is 1.86 bits per heavy atom. The summed E-state index contributed by atoms with van der Waals surface area (Å²) in [6.07, 6.45) is 10.7. The molecule has 1 N–H and O–H groups in total. The van der Waals surface area contributed by atoms with Crippen molar-refractivity contribution in [2.24, 2.45) is 28.6 Å². The molecule has 0 aromatic carbocycles. The van der Waals surface area contributed by atoms with E-state index < -0.39 is 0 Å². The number of fused-ring (bicyclic) bond motifs is 5. The lowest BCUT2D eigenvalue weighted by atomic mass is 9.48. The largest absolute Gasteiger partial charge is 0.393 e. The van der Waals surface area contributed by atoms with Crippen LogP contribution < -0.4 is 0 Å². The van der Waals surface area contributed by atoms with E-state index in [1.165, 1.54) is 12.8 Å². The molecule has 21 heavy (non-hydrogen) atoms. The minimum absolute atomic E-state index is 0.109. The molecule has 0 amide bonds. The lowest BCUT2D eigenvalue weighted by Crippen LogP contribution is -2.49. The number of allylic oxidation sites excluding steroid dienone is 2. The fourth-order valence-corrected chi connectivity index (χ4v) is 6.28. The summed E-state index contributed by atoms with van der Waals surface area (Å²) in [5, 5.41) is 10.4. The zero-order valence-corrected chi connectivity index (χ0v) is 13.4. The Labute approximate surface area is 128 Å². The third-order valence-corrected chi connectivity index (χ3v) is 7.85. The highest BCUT2D eigenvalue weighted by Crippen LogP contribution is 2.64. The standard InChI is InChI=1S/C19H28O2/c1-18-9-7-13(20)11-12(18)3-4-14-15-5-6-17(21)19(15,2)10-8-16(14)18/h4,12,15-17,21H,3,5-11H2,1-2H3/t12-,15-,16-,17-,18-,19-/m0/s1. The molecule has 2 nitrogen and oxygen atoms in total. The molecule has 116 valence electrons. The van der Waals surface area contributed by atoms with Gasteiger partial charge >= 0.3 is 0 Å². The van der Waals surface area contributed by atoms with Crippen LogP contribution in [0, 0.1) is 28.6 Å². The number of rotatable bonds is 0. The molecule has 4 aliphatic rings. The number of ketones is 1. The van der Waals surface area contributed by atoms with Gasteiger partial charge in [-0.3, -0.25) is 4.79 Å². The number of aliphatic hydroxyl groups excluding tert-OH is 1. The van der Waals surface area contributed by atoms with E-state index in [1.54, 1.807) is 5.57 Å². The lowest BCUT2D eigenvalue weighted by Gasteiger charge is -2.56. The Balaban J connectivity index is 1.70. The second-order valence-corrected chi connectivity index (χ2v) is 8.63. The summed E-state index contributed by atoms with van der Waals surface area (Å²) in [5.41, 5.74) is 2.12. The maximum atomic E-state index is 11.8. The molecule has 0 aliphatic heterocycles. The van der Waals surface area contributed by atoms with Crippen LogP contribution in [0.15, 0.2) is 11.6 Å². The zero-order valence-electron chi connectivity index (χ0n) is 13.4. The molecule has 4 aliphatic carbocycles. The lowest BCUT2D eigenvalue weighted by molar-refractivity contribution is -0.127. The maximum Gasteiger partial charge on any atom is 0.133 e. The number of Topliss-reactive ketones (excluding diaryl/α,β-unsaturated/α-hetero) is 1. The summed E-state index contributed by atoms with van der Waals surface area (Å²) >= 11 is 0. The summed E-state index contributed by atoms with van der Waals surface area (Å²) in [5.74, 6) is 2.32. The molecule has 4 rings (SSSR count). The fourth-order valence-electron chi connectivity index (χ4n) is 6.28. The van der Waals surface area contributed by atoms with Crippen molar-refractivity contribution in [3.63, 3.8) is 0 Å². The van der Waals surface area contributed by atoms with Crippen LogP contribution >= 0.6 is 0 Å². The molecular weight excluding hydrogens is 260 g/mol. The molecule has 0 unspecified atom stereocenters. The van der Waals surface area contributed by atoms with Crippen molar-refractivity contribution in [2.45, 2.75) is 71.3 Å². The number of aliphatic hydroxyl groups is 1. The van der Waals surface area contributed by atoms with E-state index in [-0.39, 0.29) is 11.5 Å². The molecule has 0 spiro atoms. The van der Waals surface area contributed by atoms with E-state index in [1.807, 2.05) is 0 Å². The first-order valence-corrected chi connectivity index (χ1v) is 8.85. The van der Waals surface area contributed by atoms with Gasteiger partial charge < -0.3 is 5.11 Å². The van der Waals surface area contributed by atoms with E-state index in [9.17, 15) is 9.90 Å². The molecule has 3 fully saturated rings. The minimum atomic E-state index is -0.109. The van der Waals surface area contributed by atoms with Gasteiger partial charge in [0, 0.05) is 18.3 Å². The molecule has 0 saturated heterocycles. The van der Waals surface area contributed by atoms with Gasteiger partial charge in [0.25, 0.3) is 0 Å². The van der Waals surface area contributed by atoms with Gasteiger partial charge in [-0.1, -0.05) is 25.5 Å². The van der Waals surface area contributed by atoms with Crippen molar-refractivity contribution < 1.29 is 9.90 Å². The molecule has 6 atom stereocenters. The third kappa shape index (κ3) is 1.78. The normalized spacial score (nSPS) is 52.7. The Morgan fingerprint density at radius 3 is 2.67 bits per heavy atom. The predicted molar refractivity (Wildman–Crippen MR) is 82.7 cm³/mol. The zero-order chi connectivity index (χ0) is 14.8. The van der Waals surface area contributed by atoms with Crippen LogP contribution in [0.5, 0.6) is 0 Å². The second-order valence-electron chi connectivity index (χ2n) is 8.63. The monoisotopic (exact) mass is 288 g/mol. The van der Waals surface area contributed by atoms with Crippen molar-refractivity contribution in [2.75, 3.05) is 0 Å². The molecule has 0 aromatic heterocycles. The van der Waals surface area contributed by atoms with E-state index >= 15 is 0 Å². The Bertz CT molecular complexity index is 508. The quantitative estimate of drug-likeness (QED) is 0.687. The molecule has 0 aromatic rings. The van der Waals surface area contributed by atoms with Gasteiger partial charge in [0.1, 0.15) is 5.78 Å². The average Bonchev–Trinajstić information content (AvgIpc) is 2.76. The first-order valence-electron chi connectivity index (χ1n) is 8.85. The highest BCUT2D eigenvalue weighted by molar-refractivity contribution is 5.79. The van der Waals surface area contributed by atoms with Crippen molar-refractivity contribution in [3.05, 3.63) is 11.6 Å². The third-order valence-electron chi connectivity index (χ3n) is 7.85. The van der Waals surface area contributed by atoms with E-state index in [0.717, 1.165) is 38.5 Å². The predicted octanol–water partition coefficient (Wildman–Crippen LogP) is 3.88. The van der Waals surface area contributed by atoms with Crippen LogP contribution in [-0.2, 0) is 4.79 Å². The molecular formula is C19H28O2. The van der Waals surface area contributed by atoms with Crippen molar-refractivity contribution in [1.29, 1.82) is 0 Å². The summed E-state index contributed by atoms with van der Waals surface area (Å²) in [7, 11) is 0. The smallest absolute Gasteiger partial charge is 0.133 e. The van der Waals surface area contributed by atoms with Crippen LogP contribution in [0.4, 0.5) is 0 Å². The first-order chi connectivity index (χ1) is 9.95. The van der Waals surface area contributed by atoms with Crippen molar-refractivity contribution >= 4 is 5.78 Å². The van der Waals surface area contributed by atoms with E-state index in [4.69, 9.17) is 0 Å². The Morgan fingerprint density at radius 1 is 1.10 bits per heavy atom. The van der Waals surface area contributed by atoms with Crippen LogP contribution in [0.25, 0.3) is 0 Å². The van der Waals surface area contributed by atoms with Gasteiger partial charge in [0.15, 0.2) is 0 Å². The van der Waals surface area contributed by atoms with Crippen LogP contribution in [0.3, 0.4) is 0 Å². The molecule has 2 heteroatoms. The van der Waals surface area contributed by atoms with Crippen LogP contribution in [-0.4, -0.2) is 17.0 Å². The summed E-state index contributed by atoms with van der Waals surface area (Å²) in [6.45, 7) is 4.76. The van der Waals surface area contributed by atoms with Crippen molar-refractivity contribution in [1.82, 2.24) is 0 Å².